The van der Waals surface area contributed by atoms with E-state index < -0.39 is 0 Å². The molecule has 0 aliphatic heterocycles. The lowest BCUT2D eigenvalue weighted by atomic mass is 10.2. The first-order valence-corrected chi connectivity index (χ1v) is 8.52. The number of nitrogens with zero attached hydrogens (tertiary/aromatic N) is 2. The van der Waals surface area contributed by atoms with Crippen molar-refractivity contribution >= 4 is 50.2 Å². The monoisotopic (exact) mass is 391 g/mol. The molecular weight excluding hydrogens is 382 g/mol. The predicted octanol–water partition coefficient (Wildman–Crippen LogP) is 5.67. The summed E-state index contributed by atoms with van der Waals surface area (Å²) in [6.07, 6.45) is 1.76. The Morgan fingerprint density at radius 2 is 1.91 bits per heavy atom. The van der Waals surface area contributed by atoms with Crippen molar-refractivity contribution in [2.45, 2.75) is 0 Å². The van der Waals surface area contributed by atoms with E-state index in [1.165, 1.54) is 11.3 Å². The Bertz CT molecular complexity index is 799. The zero-order valence-corrected chi connectivity index (χ0v) is 14.5. The Morgan fingerprint density at radius 1 is 1.14 bits per heavy atom. The number of anilines is 1. The van der Waals surface area contributed by atoms with Gasteiger partial charge in [-0.2, -0.15) is 5.10 Å². The van der Waals surface area contributed by atoms with E-state index in [2.05, 4.69) is 31.4 Å². The first kappa shape index (κ1) is 15.2. The van der Waals surface area contributed by atoms with Crippen LogP contribution in [0.3, 0.4) is 0 Å². The van der Waals surface area contributed by atoms with Crippen LogP contribution in [0, 0.1) is 0 Å². The highest BCUT2D eigenvalue weighted by atomic mass is 79.9. The number of hydrogen-bond donors (Lipinski definition) is 1. The van der Waals surface area contributed by atoms with E-state index in [0.717, 1.165) is 31.4 Å². The van der Waals surface area contributed by atoms with Crippen LogP contribution >= 0.6 is 38.9 Å². The third-order valence-corrected chi connectivity index (χ3v) is 4.63. The van der Waals surface area contributed by atoms with E-state index in [0.29, 0.717) is 0 Å². The minimum absolute atomic E-state index is 0.718. The lowest BCUT2D eigenvalue weighted by Crippen LogP contribution is -1.90. The molecule has 1 aromatic heterocycles. The summed E-state index contributed by atoms with van der Waals surface area (Å²) in [7, 11) is 0. The highest BCUT2D eigenvalue weighted by Crippen LogP contribution is 2.26. The molecule has 0 atom stereocenters. The number of thiazole rings is 1. The van der Waals surface area contributed by atoms with Gasteiger partial charge in [0.1, 0.15) is 0 Å². The fourth-order valence-corrected chi connectivity index (χ4v) is 3.00. The lowest BCUT2D eigenvalue weighted by Gasteiger charge is -1.97. The van der Waals surface area contributed by atoms with Gasteiger partial charge in [-0.25, -0.2) is 4.98 Å². The first-order valence-electron chi connectivity index (χ1n) is 6.47. The fourth-order valence-electron chi connectivity index (χ4n) is 1.82. The largest absolute Gasteiger partial charge is 0.253 e. The molecule has 1 N–H and O–H groups in total. The molecule has 0 saturated heterocycles. The van der Waals surface area contributed by atoms with Crippen molar-refractivity contribution in [1.29, 1.82) is 0 Å². The molecule has 110 valence electrons. The van der Waals surface area contributed by atoms with Crippen LogP contribution in [0.2, 0.25) is 5.02 Å². The molecule has 0 amide bonds. The van der Waals surface area contributed by atoms with Gasteiger partial charge in [0, 0.05) is 26.0 Å². The van der Waals surface area contributed by atoms with Crippen molar-refractivity contribution in [1.82, 2.24) is 4.98 Å². The molecule has 0 aliphatic rings. The van der Waals surface area contributed by atoms with Crippen molar-refractivity contribution in [2.24, 2.45) is 5.10 Å². The van der Waals surface area contributed by atoms with Crippen LogP contribution in [0.5, 0.6) is 0 Å². The van der Waals surface area contributed by atoms with E-state index in [9.17, 15) is 0 Å². The molecule has 0 radical (unpaired) electrons. The number of hydrazone groups is 1. The van der Waals surface area contributed by atoms with Gasteiger partial charge in [0.05, 0.1) is 11.9 Å². The molecule has 0 aliphatic carbocycles. The van der Waals surface area contributed by atoms with Crippen LogP contribution in [0.25, 0.3) is 11.3 Å². The van der Waals surface area contributed by atoms with Crippen molar-refractivity contribution in [3.8, 4) is 11.3 Å². The van der Waals surface area contributed by atoms with E-state index >= 15 is 0 Å². The summed E-state index contributed by atoms with van der Waals surface area (Å²) >= 11 is 10.9. The van der Waals surface area contributed by atoms with Crippen LogP contribution in [0.15, 0.2) is 63.5 Å². The van der Waals surface area contributed by atoms with Crippen LogP contribution in [-0.4, -0.2) is 11.2 Å². The molecule has 0 fully saturated rings. The quantitative estimate of drug-likeness (QED) is 0.458. The summed E-state index contributed by atoms with van der Waals surface area (Å²) in [5, 5.41) is 7.66. The predicted molar refractivity (Wildman–Crippen MR) is 97.9 cm³/mol. The van der Waals surface area contributed by atoms with Crippen molar-refractivity contribution in [2.75, 3.05) is 5.43 Å². The van der Waals surface area contributed by atoms with Crippen LogP contribution < -0.4 is 5.43 Å². The third kappa shape index (κ3) is 3.74. The molecule has 2 aromatic carbocycles. The van der Waals surface area contributed by atoms with Gasteiger partial charge in [-0.05, 0) is 18.2 Å². The maximum absolute atomic E-state index is 5.89. The molecule has 22 heavy (non-hydrogen) atoms. The summed E-state index contributed by atoms with van der Waals surface area (Å²) in [4.78, 5) is 4.50. The summed E-state index contributed by atoms with van der Waals surface area (Å²) < 4.78 is 1.00. The van der Waals surface area contributed by atoms with Crippen LogP contribution in [0.4, 0.5) is 5.13 Å². The van der Waals surface area contributed by atoms with Gasteiger partial charge >= 0.3 is 0 Å². The van der Waals surface area contributed by atoms with E-state index in [-0.39, 0.29) is 0 Å². The zero-order chi connectivity index (χ0) is 15.4. The summed E-state index contributed by atoms with van der Waals surface area (Å²) in [6, 6.07) is 15.5. The molecule has 1 heterocycles. The standard InChI is InChI=1S/C16H11BrClN3S/c17-14-4-2-1-3-12(14)9-19-21-16-20-15(10-22-16)11-5-7-13(18)8-6-11/h1-10H,(H,20,21)/b19-9+. The molecule has 6 heteroatoms. The number of aromatic nitrogens is 1. The van der Waals surface area contributed by atoms with Crippen LogP contribution in [-0.2, 0) is 0 Å². The maximum Gasteiger partial charge on any atom is 0.203 e. The third-order valence-electron chi connectivity index (χ3n) is 2.91. The van der Waals surface area contributed by atoms with E-state index in [1.54, 1.807) is 6.21 Å². The Morgan fingerprint density at radius 3 is 2.68 bits per heavy atom. The minimum Gasteiger partial charge on any atom is -0.253 e. The average molecular weight is 393 g/mol. The Balaban J connectivity index is 1.70. The van der Waals surface area contributed by atoms with Gasteiger partial charge in [-0.1, -0.05) is 57.9 Å². The van der Waals surface area contributed by atoms with Gasteiger partial charge in [-0.15, -0.1) is 11.3 Å². The molecule has 0 bridgehead atoms. The summed E-state index contributed by atoms with van der Waals surface area (Å²) in [5.41, 5.74) is 5.89. The second-order valence-corrected chi connectivity index (χ2v) is 6.59. The number of nitrogens with one attached hydrogen (secondary N) is 1. The van der Waals surface area contributed by atoms with E-state index in [1.807, 2.05) is 53.9 Å². The van der Waals surface area contributed by atoms with Crippen molar-refractivity contribution in [3.63, 3.8) is 0 Å². The first-order chi connectivity index (χ1) is 10.7. The molecule has 0 spiro atoms. The SMILES string of the molecule is Clc1ccc(-c2csc(N/N=C/c3ccccc3Br)n2)cc1. The smallest absolute Gasteiger partial charge is 0.203 e. The average Bonchev–Trinajstić information content (AvgIpc) is 2.99. The molecule has 3 aromatic rings. The highest BCUT2D eigenvalue weighted by molar-refractivity contribution is 9.10. The normalized spacial score (nSPS) is 11.0. The fraction of sp³-hybridized carbons (Fsp3) is 0. The Labute approximate surface area is 145 Å². The molecule has 3 nitrogen and oxygen atoms in total. The second kappa shape index (κ2) is 7.05. The zero-order valence-electron chi connectivity index (χ0n) is 11.3. The number of rotatable bonds is 4. The molecule has 0 saturated carbocycles. The van der Waals surface area contributed by atoms with Crippen molar-refractivity contribution < 1.29 is 0 Å². The summed E-state index contributed by atoms with van der Waals surface area (Å²) in [5.74, 6) is 0. The number of halogens is 2. The number of hydrogen-bond acceptors (Lipinski definition) is 4. The van der Waals surface area contributed by atoms with E-state index in [4.69, 9.17) is 11.6 Å². The van der Waals surface area contributed by atoms with Gasteiger partial charge in [-0.3, -0.25) is 5.43 Å². The van der Waals surface area contributed by atoms with Crippen LogP contribution in [0.1, 0.15) is 5.56 Å². The van der Waals surface area contributed by atoms with Gasteiger partial charge in [0.2, 0.25) is 5.13 Å². The van der Waals surface area contributed by atoms with Gasteiger partial charge in [0.25, 0.3) is 0 Å². The second-order valence-electron chi connectivity index (χ2n) is 4.44. The molecule has 0 unspecified atom stereocenters. The Kier molecular flexibility index (Phi) is 4.87. The molecular formula is C16H11BrClN3S. The Hall–Kier alpha value is -1.69. The minimum atomic E-state index is 0.718. The van der Waals surface area contributed by atoms with Gasteiger partial charge in [0.15, 0.2) is 0 Å². The lowest BCUT2D eigenvalue weighted by molar-refractivity contribution is 1.29. The van der Waals surface area contributed by atoms with Crippen molar-refractivity contribution in [3.05, 3.63) is 69.0 Å². The molecule has 3 rings (SSSR count). The highest BCUT2D eigenvalue weighted by Gasteiger charge is 2.03. The topological polar surface area (TPSA) is 37.3 Å². The maximum atomic E-state index is 5.89. The number of benzene rings is 2. The summed E-state index contributed by atoms with van der Waals surface area (Å²) in [6.45, 7) is 0. The van der Waals surface area contributed by atoms with Gasteiger partial charge < -0.3 is 0 Å².